The van der Waals surface area contributed by atoms with Crippen molar-refractivity contribution in [2.75, 3.05) is 26.0 Å². The van der Waals surface area contributed by atoms with Crippen LogP contribution in [0.15, 0.2) is 24.3 Å². The Kier molecular flexibility index (Phi) is 6.85. The van der Waals surface area contributed by atoms with Crippen molar-refractivity contribution in [2.24, 2.45) is 11.1 Å². The van der Waals surface area contributed by atoms with Crippen LogP contribution in [0, 0.1) is 5.41 Å². The lowest BCUT2D eigenvalue weighted by Gasteiger charge is -2.23. The molecule has 0 atom stereocenters. The van der Waals surface area contributed by atoms with Crippen LogP contribution in [0.25, 0.3) is 0 Å². The van der Waals surface area contributed by atoms with Gasteiger partial charge in [-0.3, -0.25) is 4.79 Å². The zero-order chi connectivity index (χ0) is 15.9. The first-order chi connectivity index (χ1) is 9.82. The Balaban J connectivity index is 2.44. The van der Waals surface area contributed by atoms with Crippen LogP contribution in [-0.4, -0.2) is 31.4 Å². The first-order valence-electron chi connectivity index (χ1n) is 7.56. The van der Waals surface area contributed by atoms with Gasteiger partial charge in [0, 0.05) is 18.7 Å². The molecule has 1 aromatic rings. The highest BCUT2D eigenvalue weighted by atomic mass is 16.1. The number of anilines is 1. The maximum atomic E-state index is 12.0. The van der Waals surface area contributed by atoms with Crippen molar-refractivity contribution in [2.45, 2.75) is 39.7 Å². The largest absolute Gasteiger partial charge is 0.330 e. The first kappa shape index (κ1) is 17.7. The van der Waals surface area contributed by atoms with E-state index >= 15 is 0 Å². The van der Waals surface area contributed by atoms with Crippen molar-refractivity contribution in [3.05, 3.63) is 29.8 Å². The van der Waals surface area contributed by atoms with Gasteiger partial charge in [-0.25, -0.2) is 0 Å². The summed E-state index contributed by atoms with van der Waals surface area (Å²) in [7, 11) is 4.08. The summed E-state index contributed by atoms with van der Waals surface area (Å²) in [5.41, 5.74) is 7.81. The van der Waals surface area contributed by atoms with Crippen LogP contribution in [0.2, 0.25) is 0 Å². The summed E-state index contributed by atoms with van der Waals surface area (Å²) in [6.45, 7) is 5.88. The van der Waals surface area contributed by atoms with Crippen molar-refractivity contribution < 1.29 is 4.79 Å². The number of nitrogens with one attached hydrogen (secondary N) is 1. The molecule has 1 rings (SSSR count). The minimum absolute atomic E-state index is 0.0699. The van der Waals surface area contributed by atoms with Gasteiger partial charge in [-0.05, 0) is 56.6 Å². The van der Waals surface area contributed by atoms with Gasteiger partial charge in [-0.1, -0.05) is 26.0 Å². The van der Waals surface area contributed by atoms with Crippen LogP contribution in [0.5, 0.6) is 0 Å². The molecular weight excluding hydrogens is 262 g/mol. The van der Waals surface area contributed by atoms with Gasteiger partial charge in [0.2, 0.25) is 5.91 Å². The van der Waals surface area contributed by atoms with Crippen molar-refractivity contribution in [1.82, 2.24) is 4.90 Å². The molecule has 4 nitrogen and oxygen atoms in total. The summed E-state index contributed by atoms with van der Waals surface area (Å²) < 4.78 is 0. The fourth-order valence-electron chi connectivity index (χ4n) is 2.25. The van der Waals surface area contributed by atoms with Crippen molar-refractivity contribution in [3.63, 3.8) is 0 Å². The van der Waals surface area contributed by atoms with Crippen LogP contribution in [-0.2, 0) is 11.3 Å². The Morgan fingerprint density at radius 3 is 2.33 bits per heavy atom. The molecule has 0 saturated carbocycles. The third kappa shape index (κ3) is 7.25. The molecule has 0 spiro atoms. The number of carbonyl (C=O) groups is 1. The van der Waals surface area contributed by atoms with Gasteiger partial charge in [0.25, 0.3) is 0 Å². The quantitative estimate of drug-likeness (QED) is 0.774. The molecule has 21 heavy (non-hydrogen) atoms. The van der Waals surface area contributed by atoms with E-state index in [-0.39, 0.29) is 11.3 Å². The average Bonchev–Trinajstić information content (AvgIpc) is 2.38. The third-order valence-electron chi connectivity index (χ3n) is 3.59. The number of rotatable bonds is 8. The highest BCUT2D eigenvalue weighted by Crippen LogP contribution is 2.26. The molecule has 118 valence electrons. The Morgan fingerprint density at radius 1 is 1.19 bits per heavy atom. The number of nitrogens with two attached hydrogens (primary N) is 1. The number of carbonyl (C=O) groups excluding carboxylic acids is 1. The lowest BCUT2D eigenvalue weighted by molar-refractivity contribution is -0.116. The highest BCUT2D eigenvalue weighted by molar-refractivity contribution is 5.90. The molecule has 4 heteroatoms. The van der Waals surface area contributed by atoms with Crippen LogP contribution < -0.4 is 11.1 Å². The van der Waals surface area contributed by atoms with Crippen LogP contribution in [0.1, 0.15) is 38.7 Å². The van der Waals surface area contributed by atoms with Crippen molar-refractivity contribution in [1.29, 1.82) is 0 Å². The van der Waals surface area contributed by atoms with E-state index in [1.807, 2.05) is 38.4 Å². The van der Waals surface area contributed by atoms with Crippen LogP contribution in [0.4, 0.5) is 5.69 Å². The van der Waals surface area contributed by atoms with E-state index in [4.69, 9.17) is 5.73 Å². The van der Waals surface area contributed by atoms with Gasteiger partial charge in [0.1, 0.15) is 0 Å². The fraction of sp³-hybridized carbons (Fsp3) is 0.588. The molecule has 0 bridgehead atoms. The lowest BCUT2D eigenvalue weighted by atomic mass is 9.84. The van der Waals surface area contributed by atoms with E-state index in [1.165, 1.54) is 5.56 Å². The summed E-state index contributed by atoms with van der Waals surface area (Å²) in [6, 6.07) is 8.02. The molecule has 0 aliphatic carbocycles. The topological polar surface area (TPSA) is 58.4 Å². The second kappa shape index (κ2) is 8.15. The Bertz CT molecular complexity index is 438. The molecule has 0 radical (unpaired) electrons. The molecule has 1 amide bonds. The average molecular weight is 291 g/mol. The predicted octanol–water partition coefficient (Wildman–Crippen LogP) is 2.84. The number of hydrogen-bond donors (Lipinski definition) is 2. The molecule has 0 unspecified atom stereocenters. The fourth-order valence-corrected chi connectivity index (χ4v) is 2.25. The summed E-state index contributed by atoms with van der Waals surface area (Å²) in [6.07, 6.45) is 2.33. The van der Waals surface area contributed by atoms with Crippen molar-refractivity contribution in [3.8, 4) is 0 Å². The summed E-state index contributed by atoms with van der Waals surface area (Å²) in [4.78, 5) is 14.1. The van der Waals surface area contributed by atoms with E-state index in [0.29, 0.717) is 13.0 Å². The first-order valence-corrected chi connectivity index (χ1v) is 7.56. The van der Waals surface area contributed by atoms with E-state index < -0.39 is 0 Å². The molecule has 0 aliphatic rings. The number of nitrogens with zero attached hydrogens (tertiary/aromatic N) is 1. The zero-order valence-corrected chi connectivity index (χ0v) is 13.8. The minimum Gasteiger partial charge on any atom is -0.330 e. The molecule has 0 heterocycles. The normalized spacial score (nSPS) is 11.7. The van der Waals surface area contributed by atoms with Gasteiger partial charge >= 0.3 is 0 Å². The van der Waals surface area contributed by atoms with Crippen molar-refractivity contribution >= 4 is 11.6 Å². The highest BCUT2D eigenvalue weighted by Gasteiger charge is 2.18. The lowest BCUT2D eigenvalue weighted by Crippen LogP contribution is -2.20. The SMILES string of the molecule is CN(C)Cc1ccc(NC(=O)CCC(C)(C)CCN)cc1. The monoisotopic (exact) mass is 291 g/mol. The van der Waals surface area contributed by atoms with Gasteiger partial charge in [-0.2, -0.15) is 0 Å². The van der Waals surface area contributed by atoms with Gasteiger partial charge in [0.05, 0.1) is 0 Å². The van der Waals surface area contributed by atoms with Crippen LogP contribution in [0.3, 0.4) is 0 Å². The van der Waals surface area contributed by atoms with E-state index in [9.17, 15) is 4.79 Å². The Labute approximate surface area is 128 Å². The Hall–Kier alpha value is -1.39. The molecule has 0 fully saturated rings. The molecule has 1 aromatic carbocycles. The second-order valence-electron chi connectivity index (χ2n) is 6.69. The van der Waals surface area contributed by atoms with E-state index in [0.717, 1.165) is 25.1 Å². The minimum atomic E-state index is 0.0699. The van der Waals surface area contributed by atoms with Gasteiger partial charge in [-0.15, -0.1) is 0 Å². The third-order valence-corrected chi connectivity index (χ3v) is 3.59. The number of amides is 1. The van der Waals surface area contributed by atoms with E-state index in [2.05, 4.69) is 24.1 Å². The molecule has 0 aliphatic heterocycles. The predicted molar refractivity (Wildman–Crippen MR) is 89.1 cm³/mol. The molecule has 0 saturated heterocycles. The Morgan fingerprint density at radius 2 is 1.81 bits per heavy atom. The number of benzene rings is 1. The zero-order valence-electron chi connectivity index (χ0n) is 13.8. The molecular formula is C17H29N3O. The summed E-state index contributed by atoms with van der Waals surface area (Å²) in [5, 5.41) is 2.95. The van der Waals surface area contributed by atoms with Crippen LogP contribution >= 0.6 is 0 Å². The maximum absolute atomic E-state index is 12.0. The summed E-state index contributed by atoms with van der Waals surface area (Å²) in [5.74, 6) is 0.0699. The standard InChI is InChI=1S/C17H29N3O/c1-17(2,11-12-18)10-9-16(21)19-15-7-5-14(6-8-15)13-20(3)4/h5-8H,9-13,18H2,1-4H3,(H,19,21). The summed E-state index contributed by atoms with van der Waals surface area (Å²) >= 11 is 0. The maximum Gasteiger partial charge on any atom is 0.224 e. The number of hydrogen-bond acceptors (Lipinski definition) is 3. The molecule has 0 aromatic heterocycles. The second-order valence-corrected chi connectivity index (χ2v) is 6.69. The van der Waals surface area contributed by atoms with Gasteiger partial charge < -0.3 is 16.0 Å². The smallest absolute Gasteiger partial charge is 0.224 e. The van der Waals surface area contributed by atoms with E-state index in [1.54, 1.807) is 0 Å². The molecule has 3 N–H and O–H groups in total. The van der Waals surface area contributed by atoms with Gasteiger partial charge in [0.15, 0.2) is 0 Å².